The van der Waals surface area contributed by atoms with Gasteiger partial charge >= 0.3 is 0 Å². The second-order valence-electron chi connectivity index (χ2n) is 22.3. The zero-order chi connectivity index (χ0) is 64.1. The predicted octanol–water partition coefficient (Wildman–Crippen LogP) is 12.5. The fourth-order valence-corrected chi connectivity index (χ4v) is 10.9. The van der Waals surface area contributed by atoms with Gasteiger partial charge in [-0.05, 0) is 248 Å². The molecule has 8 N–H and O–H groups in total. The molecule has 4 aromatic carbocycles. The van der Waals surface area contributed by atoms with Crippen molar-refractivity contribution in [2.24, 2.45) is 0 Å². The molecule has 16 bridgehead atoms. The lowest BCUT2D eigenvalue weighted by molar-refractivity contribution is 0.0998. The van der Waals surface area contributed by atoms with Crippen LogP contribution in [0.25, 0.3) is 0 Å². The summed E-state index contributed by atoms with van der Waals surface area (Å²) in [7, 11) is 0. The second kappa shape index (κ2) is 24.3. The number of hydrogen-bond donors (Lipinski definition) is 8. The van der Waals surface area contributed by atoms with Crippen molar-refractivity contribution in [2.75, 3.05) is 42.5 Å². The molecule has 20 nitrogen and oxygen atoms in total. The van der Waals surface area contributed by atoms with Crippen LogP contribution in [0.1, 0.15) is 173 Å². The lowest BCUT2D eigenvalue weighted by Crippen LogP contribution is -2.23. The fourth-order valence-electron chi connectivity index (χ4n) is 10.9. The molecule has 18 rings (SSSR count). The molecule has 0 atom stereocenters. The van der Waals surface area contributed by atoms with E-state index in [-0.39, 0.29) is 45.6 Å². The molecule has 4 aromatic heterocycles. The standard InChI is InChI=1S/C68H68N12O8/c1-29-30(2)54-32(4)31(3)53(29)73-61(81)45-21-17-23-47(69-45)63(83)75-55-33(5)35(7)57(36(8)34(55)6)77-65(85)49-25-19-27-51(71-49)67(87)79-59-41(13)43(15)60(44(16)42(59)14)80-68(88)52-28-20-26-50(72-52)66(86)78-58-39(11)37(9)56(38(10)40(58)12)76-64(84)48-24-18-22-46(70-48)62(82)74-54/h17-28H,1-16H3,(H,73,81)(H,74,82)(H,75,83)(H,76,84)(H,77,85)(H,78,86)(H,79,87)(H,80,88). The topological polar surface area (TPSA) is 284 Å². The van der Waals surface area contributed by atoms with E-state index in [1.807, 2.05) is 111 Å². The van der Waals surface area contributed by atoms with E-state index >= 15 is 0 Å². The van der Waals surface area contributed by atoms with E-state index in [1.54, 1.807) is 24.3 Å². The SMILES string of the molecule is Cc1c(C)c2c(C)c(C)c1NC(=O)c1cccc(n1)C(=O)Nc1c(C)c(C)c(c(C)c1C)NC(=O)c1cccc(n1)C(=O)Nc1c(C)c(C)c(c(C)c1C)NC(=O)c1cccc(n1)C(=O)Nc1c(C)c(C)c(c(C)c1C)NC(=O)c1cccc(n1)C(=O)N2. The maximum absolute atomic E-state index is 14.0. The van der Waals surface area contributed by atoms with Crippen LogP contribution in [0, 0.1) is 111 Å². The molecule has 10 aliphatic rings. The number of pyridine rings is 4. The van der Waals surface area contributed by atoms with Crippen molar-refractivity contribution >= 4 is 92.8 Å². The van der Waals surface area contributed by atoms with E-state index in [9.17, 15) is 38.4 Å². The first-order valence-electron chi connectivity index (χ1n) is 28.4. The second-order valence-corrected chi connectivity index (χ2v) is 22.3. The number of benzene rings is 4. The van der Waals surface area contributed by atoms with Crippen molar-refractivity contribution in [1.29, 1.82) is 0 Å². The van der Waals surface area contributed by atoms with Crippen LogP contribution in [0.3, 0.4) is 0 Å². The quantitative estimate of drug-likeness (QED) is 0.0704. The van der Waals surface area contributed by atoms with Crippen molar-refractivity contribution in [2.45, 2.75) is 111 Å². The summed E-state index contributed by atoms with van der Waals surface area (Å²) < 4.78 is 0. The van der Waals surface area contributed by atoms with Gasteiger partial charge in [0.05, 0.1) is 0 Å². The average Bonchev–Trinajstić information content (AvgIpc) is 1.37. The monoisotopic (exact) mass is 1180 g/mol. The van der Waals surface area contributed by atoms with Gasteiger partial charge in [-0.15, -0.1) is 0 Å². The normalized spacial score (nSPS) is 13.5. The Morgan fingerprint density at radius 2 is 0.273 bits per heavy atom. The minimum Gasteiger partial charge on any atom is -0.320 e. The molecule has 8 aromatic rings. The highest BCUT2D eigenvalue weighted by molar-refractivity contribution is 6.12. The van der Waals surface area contributed by atoms with Crippen molar-refractivity contribution in [1.82, 2.24) is 19.9 Å². The number of aromatic nitrogens is 4. The summed E-state index contributed by atoms with van der Waals surface area (Å²) in [6.07, 6.45) is 0. The van der Waals surface area contributed by atoms with Crippen LogP contribution in [0.4, 0.5) is 45.5 Å². The summed E-state index contributed by atoms with van der Waals surface area (Å²) in [6.45, 7) is 28.9. The highest BCUT2D eigenvalue weighted by atomic mass is 16.2. The third-order valence-electron chi connectivity index (χ3n) is 17.3. The van der Waals surface area contributed by atoms with Crippen LogP contribution in [0.15, 0.2) is 72.8 Å². The van der Waals surface area contributed by atoms with Crippen LogP contribution in [0.2, 0.25) is 0 Å². The van der Waals surface area contributed by atoms with Gasteiger partial charge < -0.3 is 42.5 Å². The number of amides is 8. The van der Waals surface area contributed by atoms with Gasteiger partial charge in [0.15, 0.2) is 0 Å². The third kappa shape index (κ3) is 11.6. The average molecular weight is 1180 g/mol. The fraction of sp³-hybridized carbons (Fsp3) is 0.235. The van der Waals surface area contributed by atoms with E-state index < -0.39 is 47.3 Å². The number of rotatable bonds is 0. The minimum absolute atomic E-state index is 0.0278. The van der Waals surface area contributed by atoms with Gasteiger partial charge in [0.25, 0.3) is 47.3 Å². The Balaban J connectivity index is 1.06. The summed E-state index contributed by atoms with van der Waals surface area (Å²) in [5.74, 6) is -4.62. The van der Waals surface area contributed by atoms with Crippen LogP contribution < -0.4 is 42.5 Å². The zero-order valence-corrected chi connectivity index (χ0v) is 52.0. The molecule has 20 heteroatoms. The highest BCUT2D eigenvalue weighted by Crippen LogP contribution is 2.39. The molecule has 0 spiro atoms. The molecule has 0 unspecified atom stereocenters. The Morgan fingerprint density at radius 3 is 0.364 bits per heavy atom. The molecule has 8 amide bonds. The highest BCUT2D eigenvalue weighted by Gasteiger charge is 2.27. The van der Waals surface area contributed by atoms with Crippen molar-refractivity contribution in [3.63, 3.8) is 0 Å². The van der Waals surface area contributed by atoms with Gasteiger partial charge in [-0.2, -0.15) is 0 Å². The summed E-state index contributed by atoms with van der Waals surface area (Å²) in [4.78, 5) is 130. The van der Waals surface area contributed by atoms with Gasteiger partial charge in [0.2, 0.25) is 0 Å². The van der Waals surface area contributed by atoms with Gasteiger partial charge in [0.1, 0.15) is 45.6 Å². The first-order chi connectivity index (χ1) is 41.6. The number of nitrogens with one attached hydrogen (secondary N) is 8. The van der Waals surface area contributed by atoms with E-state index in [2.05, 4.69) is 62.5 Å². The Hall–Kier alpha value is -10.8. The third-order valence-corrected chi connectivity index (χ3v) is 17.3. The van der Waals surface area contributed by atoms with Crippen LogP contribution in [-0.2, 0) is 0 Å². The zero-order valence-electron chi connectivity index (χ0n) is 52.0. The Bertz CT molecular complexity index is 3480. The predicted molar refractivity (Wildman–Crippen MR) is 342 cm³/mol. The maximum atomic E-state index is 14.0. The number of carbonyl (C=O) groups excluding carboxylic acids is 8. The molecule has 0 fully saturated rings. The molecule has 88 heavy (non-hydrogen) atoms. The lowest BCUT2D eigenvalue weighted by atomic mass is 9.95. The van der Waals surface area contributed by atoms with Crippen molar-refractivity contribution in [3.8, 4) is 0 Å². The van der Waals surface area contributed by atoms with Crippen LogP contribution in [-0.4, -0.2) is 67.2 Å². The molecule has 0 aliphatic carbocycles. The first kappa shape index (κ1) is 61.8. The minimum atomic E-state index is -0.578. The Labute approximate surface area is 509 Å². The van der Waals surface area contributed by atoms with E-state index in [4.69, 9.17) is 0 Å². The van der Waals surface area contributed by atoms with Gasteiger partial charge in [-0.25, -0.2) is 19.9 Å². The summed E-state index contributed by atoms with van der Waals surface area (Å²) in [6, 6.07) is 18.2. The summed E-state index contributed by atoms with van der Waals surface area (Å²) >= 11 is 0. The van der Waals surface area contributed by atoms with Gasteiger partial charge in [-0.1, -0.05) is 24.3 Å². The molecule has 14 heterocycles. The molecule has 0 saturated carbocycles. The van der Waals surface area contributed by atoms with E-state index in [0.29, 0.717) is 135 Å². The van der Waals surface area contributed by atoms with E-state index in [0.717, 1.165) is 0 Å². The number of nitrogens with zero attached hydrogens (tertiary/aromatic N) is 4. The van der Waals surface area contributed by atoms with Crippen LogP contribution in [0.5, 0.6) is 0 Å². The molecule has 10 aliphatic heterocycles. The molecule has 0 radical (unpaired) electrons. The van der Waals surface area contributed by atoms with Crippen LogP contribution >= 0.6 is 0 Å². The first-order valence-corrected chi connectivity index (χ1v) is 28.4. The lowest BCUT2D eigenvalue weighted by Gasteiger charge is -2.22. The number of carbonyl (C=O) groups is 8. The largest absolute Gasteiger partial charge is 0.320 e. The van der Waals surface area contributed by atoms with Gasteiger partial charge in [0, 0.05) is 45.5 Å². The smallest absolute Gasteiger partial charge is 0.274 e. The van der Waals surface area contributed by atoms with Crippen molar-refractivity contribution < 1.29 is 38.4 Å². The Morgan fingerprint density at radius 1 is 0.182 bits per heavy atom. The van der Waals surface area contributed by atoms with Gasteiger partial charge in [-0.3, -0.25) is 38.4 Å². The van der Waals surface area contributed by atoms with E-state index in [1.165, 1.54) is 48.5 Å². The summed E-state index contributed by atoms with van der Waals surface area (Å²) in [5, 5.41) is 23.9. The molecular formula is C68H68N12O8. The molecule has 448 valence electrons. The number of hydrogen-bond acceptors (Lipinski definition) is 12. The Kier molecular flexibility index (Phi) is 17.1. The van der Waals surface area contributed by atoms with Crippen molar-refractivity contribution in [3.05, 3.63) is 207 Å². The number of anilines is 8. The maximum Gasteiger partial charge on any atom is 0.274 e. The summed E-state index contributed by atoms with van der Waals surface area (Å²) in [5.41, 5.74) is 14.2. The molecule has 0 saturated heterocycles. The molecular weight excluding hydrogens is 1110 g/mol.